The van der Waals surface area contributed by atoms with Crippen molar-refractivity contribution in [1.29, 1.82) is 5.41 Å². The highest BCUT2D eigenvalue weighted by molar-refractivity contribution is 5.94. The van der Waals surface area contributed by atoms with Crippen LogP contribution in [0.2, 0.25) is 0 Å². The van der Waals surface area contributed by atoms with Crippen molar-refractivity contribution >= 4 is 34.5 Å². The van der Waals surface area contributed by atoms with Gasteiger partial charge in [0.25, 0.3) is 0 Å². The Bertz CT molecular complexity index is 1040. The van der Waals surface area contributed by atoms with Crippen molar-refractivity contribution < 1.29 is 9.59 Å². The van der Waals surface area contributed by atoms with Crippen LogP contribution in [0.15, 0.2) is 48.5 Å². The number of hydrogen-bond donors (Lipinski definition) is 4. The van der Waals surface area contributed by atoms with Gasteiger partial charge >= 0.3 is 6.03 Å². The lowest BCUT2D eigenvalue weighted by Gasteiger charge is -2.13. The standard InChI is InChI=1S/C18H18N6O2/c1-11(25)22-13-7-8-15-14(9-13)23-16(19)17(20)24(15)18(26)21-10-12-5-3-2-4-6-12/h2-9,20H,10H2,1H3,(H2,19,23)(H,21,26)(H,22,25). The first-order chi connectivity index (χ1) is 12.5. The summed E-state index contributed by atoms with van der Waals surface area (Å²) in [6.07, 6.45) is 0. The zero-order chi connectivity index (χ0) is 18.7. The highest BCUT2D eigenvalue weighted by Crippen LogP contribution is 2.17. The van der Waals surface area contributed by atoms with Gasteiger partial charge in [-0.25, -0.2) is 14.3 Å². The van der Waals surface area contributed by atoms with Gasteiger partial charge in [0.2, 0.25) is 5.91 Å². The van der Waals surface area contributed by atoms with Crippen LogP contribution in [-0.4, -0.2) is 21.5 Å². The normalized spacial score (nSPS) is 10.5. The van der Waals surface area contributed by atoms with Crippen molar-refractivity contribution in [2.45, 2.75) is 13.5 Å². The van der Waals surface area contributed by atoms with Crippen LogP contribution in [0.3, 0.4) is 0 Å². The number of rotatable bonds is 3. The molecule has 2 amide bonds. The van der Waals surface area contributed by atoms with Crippen LogP contribution in [-0.2, 0) is 11.3 Å². The first-order valence-electron chi connectivity index (χ1n) is 7.92. The summed E-state index contributed by atoms with van der Waals surface area (Å²) in [5.74, 6) is -0.296. The van der Waals surface area contributed by atoms with Crippen molar-refractivity contribution in [3.05, 3.63) is 59.6 Å². The average Bonchev–Trinajstić information content (AvgIpc) is 2.61. The first kappa shape index (κ1) is 17.2. The second-order valence-corrected chi connectivity index (χ2v) is 5.71. The molecule has 0 atom stereocenters. The molecule has 0 fully saturated rings. The molecule has 0 saturated carbocycles. The largest absolute Gasteiger partial charge is 0.381 e. The van der Waals surface area contributed by atoms with E-state index in [1.807, 2.05) is 30.3 Å². The van der Waals surface area contributed by atoms with Crippen LogP contribution >= 0.6 is 0 Å². The van der Waals surface area contributed by atoms with E-state index in [0.717, 1.165) is 10.1 Å². The van der Waals surface area contributed by atoms with E-state index in [2.05, 4.69) is 15.6 Å². The molecule has 132 valence electrons. The minimum absolute atomic E-state index is 0.0765. The maximum Gasteiger partial charge on any atom is 0.328 e. The molecular weight excluding hydrogens is 332 g/mol. The molecule has 0 aliphatic rings. The van der Waals surface area contributed by atoms with Gasteiger partial charge in [-0.3, -0.25) is 10.2 Å². The van der Waals surface area contributed by atoms with Crippen molar-refractivity contribution in [3.63, 3.8) is 0 Å². The number of nitrogens with one attached hydrogen (secondary N) is 3. The van der Waals surface area contributed by atoms with Crippen molar-refractivity contribution in [2.75, 3.05) is 11.1 Å². The quantitative estimate of drug-likeness (QED) is 0.575. The van der Waals surface area contributed by atoms with E-state index in [1.54, 1.807) is 18.2 Å². The van der Waals surface area contributed by atoms with E-state index in [4.69, 9.17) is 11.1 Å². The van der Waals surface area contributed by atoms with Crippen molar-refractivity contribution in [2.24, 2.45) is 0 Å². The Balaban J connectivity index is 1.98. The lowest BCUT2D eigenvalue weighted by Crippen LogP contribution is -2.37. The minimum atomic E-state index is -0.481. The van der Waals surface area contributed by atoms with E-state index in [-0.39, 0.29) is 17.2 Å². The van der Waals surface area contributed by atoms with E-state index < -0.39 is 6.03 Å². The van der Waals surface area contributed by atoms with Crippen LogP contribution in [0.25, 0.3) is 11.0 Å². The molecular formula is C18H18N6O2. The molecule has 3 rings (SSSR count). The molecule has 0 aliphatic carbocycles. The molecule has 2 aromatic carbocycles. The van der Waals surface area contributed by atoms with Crippen molar-refractivity contribution in [3.8, 4) is 0 Å². The Labute approximate surface area is 149 Å². The predicted molar refractivity (Wildman–Crippen MR) is 98.4 cm³/mol. The maximum absolute atomic E-state index is 12.6. The average molecular weight is 350 g/mol. The molecule has 1 heterocycles. The zero-order valence-electron chi connectivity index (χ0n) is 14.1. The van der Waals surface area contributed by atoms with Gasteiger partial charge in [0.05, 0.1) is 11.0 Å². The summed E-state index contributed by atoms with van der Waals surface area (Å²) in [5.41, 5.74) is 7.89. The summed E-state index contributed by atoms with van der Waals surface area (Å²) in [6.45, 7) is 1.72. The van der Waals surface area contributed by atoms with Crippen LogP contribution in [0.5, 0.6) is 0 Å². The number of fused-ring (bicyclic) bond motifs is 1. The number of hydrogen-bond acceptors (Lipinski definition) is 5. The molecule has 1 aromatic heterocycles. The van der Waals surface area contributed by atoms with Gasteiger partial charge in [-0.1, -0.05) is 30.3 Å². The fraction of sp³-hybridized carbons (Fsp3) is 0.111. The second-order valence-electron chi connectivity index (χ2n) is 5.71. The Morgan fingerprint density at radius 2 is 1.92 bits per heavy atom. The molecule has 8 nitrogen and oxygen atoms in total. The first-order valence-corrected chi connectivity index (χ1v) is 7.92. The molecule has 0 spiro atoms. The monoisotopic (exact) mass is 350 g/mol. The van der Waals surface area contributed by atoms with Gasteiger partial charge in [0, 0.05) is 19.2 Å². The summed E-state index contributed by atoms with van der Waals surface area (Å²) in [5, 5.41) is 13.5. The SMILES string of the molecule is CC(=O)Nc1ccc2c(c1)nc(N)c(=N)n2C(=O)NCc1ccccc1. The molecule has 0 saturated heterocycles. The van der Waals surface area contributed by atoms with Gasteiger partial charge in [-0.05, 0) is 23.8 Å². The molecule has 26 heavy (non-hydrogen) atoms. The van der Waals surface area contributed by atoms with Crippen LogP contribution in [0, 0.1) is 5.41 Å². The zero-order valence-corrected chi connectivity index (χ0v) is 14.1. The summed E-state index contributed by atoms with van der Waals surface area (Å²) in [6, 6.07) is 13.8. The molecule has 0 aliphatic heterocycles. The Morgan fingerprint density at radius 3 is 2.62 bits per heavy atom. The highest BCUT2D eigenvalue weighted by Gasteiger charge is 2.13. The number of amides is 2. The number of nitrogens with zero attached hydrogens (tertiary/aromatic N) is 2. The lowest BCUT2D eigenvalue weighted by atomic mass is 10.2. The molecule has 3 aromatic rings. The van der Waals surface area contributed by atoms with Crippen LogP contribution < -0.4 is 21.9 Å². The Morgan fingerprint density at radius 1 is 1.19 bits per heavy atom. The predicted octanol–water partition coefficient (Wildman–Crippen LogP) is 1.81. The van der Waals surface area contributed by atoms with Gasteiger partial charge in [0.1, 0.15) is 0 Å². The second kappa shape index (κ2) is 7.06. The highest BCUT2D eigenvalue weighted by atomic mass is 16.2. The third-order valence-electron chi connectivity index (χ3n) is 3.73. The van der Waals surface area contributed by atoms with Crippen molar-refractivity contribution in [1.82, 2.24) is 14.9 Å². The molecule has 8 heteroatoms. The number of carbonyl (C=O) groups excluding carboxylic acids is 2. The van der Waals surface area contributed by atoms with E-state index in [1.165, 1.54) is 6.92 Å². The Hall–Kier alpha value is -3.68. The lowest BCUT2D eigenvalue weighted by molar-refractivity contribution is -0.114. The maximum atomic E-state index is 12.6. The van der Waals surface area contributed by atoms with Gasteiger partial charge < -0.3 is 16.4 Å². The van der Waals surface area contributed by atoms with E-state index in [9.17, 15) is 9.59 Å². The van der Waals surface area contributed by atoms with Gasteiger partial charge in [-0.15, -0.1) is 0 Å². The third kappa shape index (κ3) is 3.54. The number of benzene rings is 2. The smallest absolute Gasteiger partial charge is 0.328 e. The van der Waals surface area contributed by atoms with Gasteiger partial charge in [-0.2, -0.15) is 0 Å². The summed E-state index contributed by atoms with van der Waals surface area (Å²) in [4.78, 5) is 28.0. The van der Waals surface area contributed by atoms with Gasteiger partial charge in [0.15, 0.2) is 11.3 Å². The van der Waals surface area contributed by atoms with E-state index >= 15 is 0 Å². The summed E-state index contributed by atoms with van der Waals surface area (Å²) >= 11 is 0. The minimum Gasteiger partial charge on any atom is -0.381 e. The summed E-state index contributed by atoms with van der Waals surface area (Å²) in [7, 11) is 0. The number of nitrogens with two attached hydrogens (primary N) is 1. The topological polar surface area (TPSA) is 126 Å². The molecule has 0 bridgehead atoms. The number of aromatic nitrogens is 2. The van der Waals surface area contributed by atoms with Crippen LogP contribution in [0.4, 0.5) is 16.3 Å². The summed E-state index contributed by atoms with van der Waals surface area (Å²) < 4.78 is 1.16. The number of nitrogen functional groups attached to an aromatic ring is 1. The number of anilines is 2. The van der Waals surface area contributed by atoms with E-state index in [0.29, 0.717) is 23.3 Å². The molecule has 5 N–H and O–H groups in total. The fourth-order valence-corrected chi connectivity index (χ4v) is 2.56. The molecule has 0 unspecified atom stereocenters. The van der Waals surface area contributed by atoms with Crippen LogP contribution in [0.1, 0.15) is 12.5 Å². The fourth-order valence-electron chi connectivity index (χ4n) is 2.56. The Kier molecular flexibility index (Phi) is 4.66. The molecule has 0 radical (unpaired) electrons. The number of carbonyl (C=O) groups is 2. The third-order valence-corrected chi connectivity index (χ3v) is 3.73.